The van der Waals surface area contributed by atoms with Crippen molar-refractivity contribution in [1.82, 2.24) is 9.97 Å². The summed E-state index contributed by atoms with van der Waals surface area (Å²) in [6.07, 6.45) is 0. The zero-order chi connectivity index (χ0) is 10.7. The number of thioether (sulfide) groups is 1. The highest BCUT2D eigenvalue weighted by molar-refractivity contribution is 7.99. The number of hydrogen-bond donors (Lipinski definition) is 0. The predicted octanol–water partition coefficient (Wildman–Crippen LogP) is 2.08. The van der Waals surface area contributed by atoms with Gasteiger partial charge in [0.2, 0.25) is 0 Å². The van der Waals surface area contributed by atoms with Crippen LogP contribution in [0.5, 0.6) is 0 Å². The van der Waals surface area contributed by atoms with E-state index in [1.165, 1.54) is 11.8 Å². The number of aromatic nitrogens is 2. The maximum absolute atomic E-state index is 10.8. The second-order valence-corrected chi connectivity index (χ2v) is 4.24. The maximum Gasteiger partial charge on any atom is 0.188 e. The summed E-state index contributed by atoms with van der Waals surface area (Å²) in [6.45, 7) is 7.49. The third-order valence-corrected chi connectivity index (χ3v) is 3.01. The lowest BCUT2D eigenvalue weighted by atomic mass is 10.2. The van der Waals surface area contributed by atoms with Crippen LogP contribution in [0.3, 0.4) is 0 Å². The SMILES string of the molecule is CC(=O)CSc1nc(C)c(C)c(C)n1. The normalized spacial score (nSPS) is 10.3. The van der Waals surface area contributed by atoms with Crippen LogP contribution in [0.1, 0.15) is 23.9 Å². The van der Waals surface area contributed by atoms with Gasteiger partial charge in [0.1, 0.15) is 5.78 Å². The average molecular weight is 210 g/mol. The van der Waals surface area contributed by atoms with Gasteiger partial charge in [0.25, 0.3) is 0 Å². The van der Waals surface area contributed by atoms with Crippen molar-refractivity contribution >= 4 is 17.5 Å². The molecule has 0 aromatic carbocycles. The molecular formula is C10H14N2OS. The molecule has 0 amide bonds. The molecule has 1 heterocycles. The molecule has 0 spiro atoms. The zero-order valence-corrected chi connectivity index (χ0v) is 9.73. The van der Waals surface area contributed by atoms with Crippen molar-refractivity contribution in [3.8, 4) is 0 Å². The molecule has 76 valence electrons. The standard InChI is InChI=1S/C10H14N2OS/c1-6(13)5-14-10-11-8(3)7(2)9(4)12-10/h5H2,1-4H3. The average Bonchev–Trinajstić information content (AvgIpc) is 2.10. The van der Waals surface area contributed by atoms with E-state index in [1.54, 1.807) is 6.92 Å². The lowest BCUT2D eigenvalue weighted by Gasteiger charge is -2.05. The van der Waals surface area contributed by atoms with Crippen LogP contribution in [0, 0.1) is 20.8 Å². The van der Waals surface area contributed by atoms with Crippen LogP contribution in [0.4, 0.5) is 0 Å². The van der Waals surface area contributed by atoms with Gasteiger partial charge >= 0.3 is 0 Å². The molecule has 3 nitrogen and oxygen atoms in total. The molecule has 1 aromatic rings. The minimum Gasteiger partial charge on any atom is -0.299 e. The number of nitrogens with zero attached hydrogens (tertiary/aromatic N) is 2. The van der Waals surface area contributed by atoms with Crippen molar-refractivity contribution < 1.29 is 4.79 Å². The molecule has 0 bridgehead atoms. The van der Waals surface area contributed by atoms with Crippen molar-refractivity contribution in [3.05, 3.63) is 17.0 Å². The monoisotopic (exact) mass is 210 g/mol. The Morgan fingerprint density at radius 3 is 2.14 bits per heavy atom. The highest BCUT2D eigenvalue weighted by Crippen LogP contribution is 2.16. The summed E-state index contributed by atoms with van der Waals surface area (Å²) in [5.41, 5.74) is 3.10. The Morgan fingerprint density at radius 1 is 1.21 bits per heavy atom. The third kappa shape index (κ3) is 2.80. The Morgan fingerprint density at radius 2 is 1.71 bits per heavy atom. The molecule has 0 saturated heterocycles. The van der Waals surface area contributed by atoms with Gasteiger partial charge in [-0.1, -0.05) is 11.8 Å². The summed E-state index contributed by atoms with van der Waals surface area (Å²) in [7, 11) is 0. The lowest BCUT2D eigenvalue weighted by molar-refractivity contribution is -0.114. The predicted molar refractivity (Wildman–Crippen MR) is 57.6 cm³/mol. The fourth-order valence-electron chi connectivity index (χ4n) is 0.972. The fourth-order valence-corrected chi connectivity index (χ4v) is 1.71. The largest absolute Gasteiger partial charge is 0.299 e. The highest BCUT2D eigenvalue weighted by atomic mass is 32.2. The molecule has 4 heteroatoms. The molecule has 14 heavy (non-hydrogen) atoms. The third-order valence-electron chi connectivity index (χ3n) is 2.02. The summed E-state index contributed by atoms with van der Waals surface area (Å²) in [4.78, 5) is 19.4. The molecule has 0 aliphatic rings. The molecule has 0 N–H and O–H groups in total. The number of aryl methyl sites for hydroxylation is 2. The van der Waals surface area contributed by atoms with Gasteiger partial charge in [-0.05, 0) is 33.3 Å². The van der Waals surface area contributed by atoms with Gasteiger partial charge in [0, 0.05) is 11.4 Å². The van der Waals surface area contributed by atoms with Gasteiger partial charge in [-0.25, -0.2) is 9.97 Å². The molecule has 1 aromatic heterocycles. The van der Waals surface area contributed by atoms with Gasteiger partial charge in [-0.2, -0.15) is 0 Å². The van der Waals surface area contributed by atoms with Crippen molar-refractivity contribution in [2.45, 2.75) is 32.9 Å². The number of carbonyl (C=O) groups excluding carboxylic acids is 1. The summed E-state index contributed by atoms with van der Waals surface area (Å²) < 4.78 is 0. The Labute approximate surface area is 88.3 Å². The molecular weight excluding hydrogens is 196 g/mol. The van der Waals surface area contributed by atoms with Gasteiger partial charge < -0.3 is 0 Å². The van der Waals surface area contributed by atoms with Crippen molar-refractivity contribution in [2.75, 3.05) is 5.75 Å². The molecule has 0 radical (unpaired) electrons. The minimum atomic E-state index is 0.148. The first-order chi connectivity index (χ1) is 6.50. The van der Waals surface area contributed by atoms with Crippen LogP contribution in [-0.4, -0.2) is 21.5 Å². The topological polar surface area (TPSA) is 42.9 Å². The molecule has 0 atom stereocenters. The second kappa shape index (κ2) is 4.55. The fraction of sp³-hybridized carbons (Fsp3) is 0.500. The van der Waals surface area contributed by atoms with Gasteiger partial charge in [0.15, 0.2) is 5.16 Å². The van der Waals surface area contributed by atoms with Crippen molar-refractivity contribution in [2.24, 2.45) is 0 Å². The van der Waals surface area contributed by atoms with Gasteiger partial charge in [0.05, 0.1) is 5.75 Å². The number of carbonyl (C=O) groups is 1. The van der Waals surface area contributed by atoms with E-state index in [0.717, 1.165) is 17.0 Å². The number of ketones is 1. The maximum atomic E-state index is 10.8. The second-order valence-electron chi connectivity index (χ2n) is 3.29. The van der Waals surface area contributed by atoms with Crippen LogP contribution in [0.2, 0.25) is 0 Å². The van der Waals surface area contributed by atoms with Crippen LogP contribution in [-0.2, 0) is 4.79 Å². The van der Waals surface area contributed by atoms with E-state index in [-0.39, 0.29) is 5.78 Å². The van der Waals surface area contributed by atoms with E-state index in [4.69, 9.17) is 0 Å². The minimum absolute atomic E-state index is 0.148. The summed E-state index contributed by atoms with van der Waals surface area (Å²) >= 11 is 1.39. The quantitative estimate of drug-likeness (QED) is 0.566. The van der Waals surface area contributed by atoms with Crippen molar-refractivity contribution in [3.63, 3.8) is 0 Å². The van der Waals surface area contributed by atoms with E-state index in [0.29, 0.717) is 10.9 Å². The Kier molecular flexibility index (Phi) is 3.63. The van der Waals surface area contributed by atoms with E-state index < -0.39 is 0 Å². The Bertz CT molecular complexity index is 340. The van der Waals surface area contributed by atoms with Gasteiger partial charge in [-0.15, -0.1) is 0 Å². The zero-order valence-electron chi connectivity index (χ0n) is 8.92. The Balaban J connectivity index is 2.84. The van der Waals surface area contributed by atoms with E-state index in [2.05, 4.69) is 9.97 Å². The van der Waals surface area contributed by atoms with Crippen LogP contribution in [0.15, 0.2) is 5.16 Å². The van der Waals surface area contributed by atoms with Crippen molar-refractivity contribution in [1.29, 1.82) is 0 Å². The first-order valence-corrected chi connectivity index (χ1v) is 5.43. The number of Topliss-reactive ketones (excluding diaryl/α,β-unsaturated/α-hetero) is 1. The molecule has 0 unspecified atom stereocenters. The number of rotatable bonds is 3. The van der Waals surface area contributed by atoms with Crippen LogP contribution in [0.25, 0.3) is 0 Å². The highest BCUT2D eigenvalue weighted by Gasteiger charge is 2.05. The molecule has 0 aliphatic heterocycles. The smallest absolute Gasteiger partial charge is 0.188 e. The molecule has 0 fully saturated rings. The molecule has 0 saturated carbocycles. The first kappa shape index (κ1) is 11.2. The van der Waals surface area contributed by atoms with Gasteiger partial charge in [-0.3, -0.25) is 4.79 Å². The van der Waals surface area contributed by atoms with Crippen LogP contribution < -0.4 is 0 Å². The Hall–Kier alpha value is -0.900. The molecule has 0 aliphatic carbocycles. The first-order valence-electron chi connectivity index (χ1n) is 4.44. The lowest BCUT2D eigenvalue weighted by Crippen LogP contribution is -2.00. The summed E-state index contributed by atoms with van der Waals surface area (Å²) in [5, 5.41) is 0.695. The summed E-state index contributed by atoms with van der Waals surface area (Å²) in [6, 6.07) is 0. The van der Waals surface area contributed by atoms with Crippen LogP contribution >= 0.6 is 11.8 Å². The van der Waals surface area contributed by atoms with E-state index in [1.807, 2.05) is 20.8 Å². The number of hydrogen-bond acceptors (Lipinski definition) is 4. The van der Waals surface area contributed by atoms with E-state index >= 15 is 0 Å². The summed E-state index contributed by atoms with van der Waals surface area (Å²) in [5.74, 6) is 0.594. The molecule has 1 rings (SSSR count). The van der Waals surface area contributed by atoms with E-state index in [9.17, 15) is 4.79 Å².